The van der Waals surface area contributed by atoms with Gasteiger partial charge in [0.2, 0.25) is 5.95 Å². The number of hydrogen-bond donors (Lipinski definition) is 3. The number of alkyl halides is 3. The summed E-state index contributed by atoms with van der Waals surface area (Å²) in [6, 6.07) is 6.09. The number of benzene rings is 1. The first-order valence-corrected chi connectivity index (χ1v) is 11.2. The Kier molecular flexibility index (Phi) is 6.54. The first-order chi connectivity index (χ1) is 16.4. The minimum atomic E-state index is -4.58. The van der Waals surface area contributed by atoms with Crippen LogP contribution in [0.2, 0.25) is 0 Å². The van der Waals surface area contributed by atoms with Gasteiger partial charge >= 0.3 is 12.1 Å². The highest BCUT2D eigenvalue weighted by Gasteiger charge is 2.39. The Labute approximate surface area is 199 Å². The normalized spacial score (nSPS) is 20.3. The van der Waals surface area contributed by atoms with Crippen molar-refractivity contribution in [3.8, 4) is 5.69 Å². The summed E-state index contributed by atoms with van der Waals surface area (Å²) in [5.41, 5.74) is 0.324. The summed E-state index contributed by atoms with van der Waals surface area (Å²) >= 11 is 0. The van der Waals surface area contributed by atoms with Gasteiger partial charge in [-0.25, -0.2) is 14.6 Å². The van der Waals surface area contributed by atoms with Crippen LogP contribution in [0.4, 0.5) is 24.8 Å². The zero-order chi connectivity index (χ0) is 25.4. The van der Waals surface area contributed by atoms with Crippen LogP contribution in [0, 0.1) is 18.8 Å². The zero-order valence-corrected chi connectivity index (χ0v) is 19.3. The molecular weight excluding hydrogens is 463 g/mol. The van der Waals surface area contributed by atoms with E-state index in [1.807, 2.05) is 13.0 Å². The van der Waals surface area contributed by atoms with Crippen LogP contribution < -0.4 is 5.32 Å². The van der Waals surface area contributed by atoms with Crippen molar-refractivity contribution in [1.29, 1.82) is 0 Å². The standard InChI is InChI=1S/C24H26F3N5O3/c1-14-9-18(30-22-28-8-7-20(31-22)24(25,26)27)11-19(10-14)32-13-17(12-29-32)23(2,35)16-5-3-15(4-6-16)21(33)34/h7-13,15-16,35H,3-6H2,1-2H3,(H,33,34)(H,28,30,31)/t15?,16?,23-/m0/s1. The molecule has 1 aromatic carbocycles. The molecule has 0 saturated heterocycles. The van der Waals surface area contributed by atoms with E-state index in [1.54, 1.807) is 36.1 Å². The van der Waals surface area contributed by atoms with Gasteiger partial charge in [-0.05, 0) is 75.3 Å². The molecule has 3 aromatic rings. The summed E-state index contributed by atoms with van der Waals surface area (Å²) < 4.78 is 40.5. The van der Waals surface area contributed by atoms with Gasteiger partial charge in [0.1, 0.15) is 5.69 Å². The fourth-order valence-corrected chi connectivity index (χ4v) is 4.54. The lowest BCUT2D eigenvalue weighted by atomic mass is 9.72. The van der Waals surface area contributed by atoms with E-state index >= 15 is 0 Å². The van der Waals surface area contributed by atoms with Gasteiger partial charge in [-0.2, -0.15) is 18.3 Å². The van der Waals surface area contributed by atoms with Gasteiger partial charge in [-0.15, -0.1) is 0 Å². The molecule has 1 atom stereocenters. The fraction of sp³-hybridized carbons (Fsp3) is 0.417. The molecule has 1 fully saturated rings. The van der Waals surface area contributed by atoms with Crippen LogP contribution in [0.3, 0.4) is 0 Å². The number of anilines is 2. The summed E-state index contributed by atoms with van der Waals surface area (Å²) in [5.74, 6) is -1.44. The van der Waals surface area contributed by atoms with Crippen LogP contribution in [0.5, 0.6) is 0 Å². The second-order valence-electron chi connectivity index (χ2n) is 9.15. The third-order valence-electron chi connectivity index (χ3n) is 6.57. The van der Waals surface area contributed by atoms with Crippen molar-refractivity contribution in [2.45, 2.75) is 51.3 Å². The number of nitrogens with one attached hydrogen (secondary N) is 1. The van der Waals surface area contributed by atoms with Gasteiger partial charge in [0.15, 0.2) is 0 Å². The lowest BCUT2D eigenvalue weighted by Gasteiger charge is -2.36. The highest BCUT2D eigenvalue weighted by atomic mass is 19.4. The van der Waals surface area contributed by atoms with Crippen molar-refractivity contribution in [2.75, 3.05) is 5.32 Å². The molecule has 3 N–H and O–H groups in total. The number of nitrogens with zero attached hydrogens (tertiary/aromatic N) is 4. The molecule has 35 heavy (non-hydrogen) atoms. The van der Waals surface area contributed by atoms with E-state index in [0.29, 0.717) is 42.6 Å². The minimum Gasteiger partial charge on any atom is -0.481 e. The third-order valence-corrected chi connectivity index (χ3v) is 6.57. The molecule has 1 aliphatic carbocycles. The number of carbonyl (C=O) groups is 1. The lowest BCUT2D eigenvalue weighted by molar-refractivity contribution is -0.144. The van der Waals surface area contributed by atoms with Crippen LogP contribution >= 0.6 is 0 Å². The number of rotatable bonds is 6. The van der Waals surface area contributed by atoms with Crippen LogP contribution in [0.15, 0.2) is 42.9 Å². The average molecular weight is 489 g/mol. The van der Waals surface area contributed by atoms with E-state index < -0.39 is 23.4 Å². The van der Waals surface area contributed by atoms with Crippen LogP contribution in [-0.4, -0.2) is 35.9 Å². The summed E-state index contributed by atoms with van der Waals surface area (Å²) in [5, 5.41) is 27.7. The Morgan fingerprint density at radius 2 is 1.89 bits per heavy atom. The predicted octanol–water partition coefficient (Wildman–Crippen LogP) is 4.83. The maximum absolute atomic E-state index is 13.0. The molecule has 4 rings (SSSR count). The first kappa shape index (κ1) is 24.6. The summed E-state index contributed by atoms with van der Waals surface area (Å²) in [7, 11) is 0. The summed E-state index contributed by atoms with van der Waals surface area (Å²) in [6.45, 7) is 3.55. The molecule has 186 valence electrons. The number of aliphatic hydroxyl groups is 1. The van der Waals surface area contributed by atoms with E-state index in [4.69, 9.17) is 0 Å². The van der Waals surface area contributed by atoms with Gasteiger partial charge in [-0.1, -0.05) is 0 Å². The van der Waals surface area contributed by atoms with Crippen molar-refractivity contribution in [3.63, 3.8) is 0 Å². The molecule has 0 amide bonds. The van der Waals surface area contributed by atoms with Gasteiger partial charge in [0.25, 0.3) is 0 Å². The smallest absolute Gasteiger partial charge is 0.433 e. The number of halogens is 3. The van der Waals surface area contributed by atoms with E-state index in [2.05, 4.69) is 20.4 Å². The van der Waals surface area contributed by atoms with E-state index in [0.717, 1.165) is 17.8 Å². The zero-order valence-electron chi connectivity index (χ0n) is 19.3. The van der Waals surface area contributed by atoms with Crippen LogP contribution in [-0.2, 0) is 16.6 Å². The van der Waals surface area contributed by atoms with Crippen molar-refractivity contribution >= 4 is 17.6 Å². The Bertz CT molecular complexity index is 1220. The Hall–Kier alpha value is -3.47. The van der Waals surface area contributed by atoms with Crippen LogP contribution in [0.1, 0.15) is 49.4 Å². The third kappa shape index (κ3) is 5.45. The molecule has 0 bridgehead atoms. The van der Waals surface area contributed by atoms with Gasteiger partial charge < -0.3 is 15.5 Å². The molecule has 11 heteroatoms. The fourth-order valence-electron chi connectivity index (χ4n) is 4.54. The molecule has 0 spiro atoms. The molecule has 2 aromatic heterocycles. The molecule has 1 saturated carbocycles. The van der Waals surface area contributed by atoms with Gasteiger partial charge in [0, 0.05) is 23.6 Å². The molecule has 8 nitrogen and oxygen atoms in total. The van der Waals surface area contributed by atoms with Crippen molar-refractivity contribution < 1.29 is 28.2 Å². The largest absolute Gasteiger partial charge is 0.481 e. The van der Waals surface area contributed by atoms with Crippen molar-refractivity contribution in [3.05, 3.63) is 59.7 Å². The maximum atomic E-state index is 13.0. The van der Waals surface area contributed by atoms with Gasteiger partial charge in [-0.3, -0.25) is 4.79 Å². The monoisotopic (exact) mass is 489 g/mol. The Morgan fingerprint density at radius 1 is 1.17 bits per heavy atom. The molecule has 0 aliphatic heterocycles. The Morgan fingerprint density at radius 3 is 2.54 bits per heavy atom. The van der Waals surface area contributed by atoms with E-state index in [-0.39, 0.29) is 17.8 Å². The topological polar surface area (TPSA) is 113 Å². The Balaban J connectivity index is 1.54. The molecule has 2 heterocycles. The highest BCUT2D eigenvalue weighted by molar-refractivity contribution is 5.70. The van der Waals surface area contributed by atoms with Gasteiger partial charge in [0.05, 0.1) is 23.4 Å². The minimum absolute atomic E-state index is 0.0939. The van der Waals surface area contributed by atoms with Crippen molar-refractivity contribution in [2.24, 2.45) is 11.8 Å². The summed E-state index contributed by atoms with van der Waals surface area (Å²) in [6.07, 6.45) is 2.00. The number of aryl methyl sites for hydroxylation is 1. The molecular formula is C24H26F3N5O3. The average Bonchev–Trinajstić information content (AvgIpc) is 3.30. The quantitative estimate of drug-likeness (QED) is 0.454. The maximum Gasteiger partial charge on any atom is 0.433 e. The number of aromatic nitrogens is 4. The first-order valence-electron chi connectivity index (χ1n) is 11.2. The number of aliphatic carboxylic acids is 1. The molecule has 0 unspecified atom stereocenters. The molecule has 1 aliphatic rings. The SMILES string of the molecule is Cc1cc(Nc2nccc(C(F)(F)F)n2)cc(-n2cc([C@@](C)(O)C3CCC(C(=O)O)CC3)cn2)c1. The number of carboxylic acid groups (broad SMARTS) is 1. The highest BCUT2D eigenvalue weighted by Crippen LogP contribution is 2.41. The lowest BCUT2D eigenvalue weighted by Crippen LogP contribution is -2.35. The number of carboxylic acids is 1. The second-order valence-corrected chi connectivity index (χ2v) is 9.15. The van der Waals surface area contributed by atoms with Crippen molar-refractivity contribution in [1.82, 2.24) is 19.7 Å². The van der Waals surface area contributed by atoms with E-state index in [9.17, 15) is 28.2 Å². The van der Waals surface area contributed by atoms with Crippen LogP contribution in [0.25, 0.3) is 5.69 Å². The summed E-state index contributed by atoms with van der Waals surface area (Å²) in [4.78, 5) is 18.6. The predicted molar refractivity (Wildman–Crippen MR) is 121 cm³/mol. The number of hydrogen-bond acceptors (Lipinski definition) is 6. The molecule has 0 radical (unpaired) electrons. The van der Waals surface area contributed by atoms with E-state index in [1.165, 1.54) is 0 Å². The second kappa shape index (κ2) is 9.29.